The SMILES string of the molecule is O=C(O)CN(c1ncc(N(CC(F)(F)F)S(=O)(=O)c2ccc(C(F)(F)F)cc2)c2ccccc12)S(=O)(=O)c1ccc(OC(F)(F)F)cc1. The first-order chi connectivity index (χ1) is 22.0. The van der Waals surface area contributed by atoms with E-state index < -0.39 is 101 Å². The zero-order valence-corrected chi connectivity index (χ0v) is 25.0. The fourth-order valence-electron chi connectivity index (χ4n) is 4.30. The highest BCUT2D eigenvalue weighted by molar-refractivity contribution is 7.93. The molecular formula is C27H18F9N3O7S2. The molecule has 0 saturated carbocycles. The first kappa shape index (κ1) is 36.1. The number of nitrogens with zero attached hydrogens (tertiary/aromatic N) is 3. The Morgan fingerprint density at radius 1 is 0.729 bits per heavy atom. The Bertz CT molecular complexity index is 2040. The van der Waals surface area contributed by atoms with E-state index in [9.17, 15) is 66.3 Å². The number of pyridine rings is 1. The number of rotatable bonds is 10. The number of carboxylic acids is 1. The lowest BCUT2D eigenvalue weighted by Gasteiger charge is -2.28. The van der Waals surface area contributed by atoms with Crippen molar-refractivity contribution in [3.05, 3.63) is 84.6 Å². The molecule has 0 fully saturated rings. The van der Waals surface area contributed by atoms with Crippen molar-refractivity contribution in [1.29, 1.82) is 0 Å². The van der Waals surface area contributed by atoms with Crippen LogP contribution in [0, 0.1) is 0 Å². The van der Waals surface area contributed by atoms with Crippen LogP contribution in [0.2, 0.25) is 0 Å². The van der Waals surface area contributed by atoms with Gasteiger partial charge < -0.3 is 9.84 Å². The van der Waals surface area contributed by atoms with Gasteiger partial charge in [-0.05, 0) is 48.5 Å². The Kier molecular flexibility index (Phi) is 9.52. The van der Waals surface area contributed by atoms with Crippen molar-refractivity contribution in [2.75, 3.05) is 21.7 Å². The molecule has 0 aliphatic carbocycles. The molecule has 4 aromatic rings. The van der Waals surface area contributed by atoms with Crippen molar-refractivity contribution >= 4 is 48.3 Å². The number of alkyl halides is 9. The van der Waals surface area contributed by atoms with Crippen LogP contribution in [0.15, 0.2) is 88.8 Å². The van der Waals surface area contributed by atoms with Gasteiger partial charge in [-0.25, -0.2) is 26.1 Å². The first-order valence-electron chi connectivity index (χ1n) is 12.8. The quantitative estimate of drug-likeness (QED) is 0.191. The molecule has 0 spiro atoms. The van der Waals surface area contributed by atoms with Crippen molar-refractivity contribution in [1.82, 2.24) is 4.98 Å². The summed E-state index contributed by atoms with van der Waals surface area (Å²) < 4.78 is 176. The van der Waals surface area contributed by atoms with Crippen molar-refractivity contribution in [2.24, 2.45) is 0 Å². The van der Waals surface area contributed by atoms with Crippen molar-refractivity contribution < 1.29 is 71.0 Å². The number of carbonyl (C=O) groups is 1. The molecule has 0 bridgehead atoms. The number of aliphatic carboxylic acids is 1. The molecule has 0 aliphatic rings. The Balaban J connectivity index is 1.89. The minimum Gasteiger partial charge on any atom is -0.480 e. The molecule has 0 amide bonds. The molecular weight excluding hydrogens is 713 g/mol. The highest BCUT2D eigenvalue weighted by Crippen LogP contribution is 2.39. The summed E-state index contributed by atoms with van der Waals surface area (Å²) in [5, 5.41) is 8.70. The molecule has 1 heterocycles. The molecule has 258 valence electrons. The van der Waals surface area contributed by atoms with E-state index in [0.29, 0.717) is 54.7 Å². The van der Waals surface area contributed by atoms with E-state index in [-0.39, 0.29) is 8.61 Å². The van der Waals surface area contributed by atoms with Crippen LogP contribution in [0.5, 0.6) is 5.75 Å². The van der Waals surface area contributed by atoms with Crippen LogP contribution in [-0.2, 0) is 31.0 Å². The van der Waals surface area contributed by atoms with Gasteiger partial charge in [0, 0.05) is 10.8 Å². The molecule has 21 heteroatoms. The van der Waals surface area contributed by atoms with Crippen LogP contribution in [-0.4, -0.2) is 58.5 Å². The number of hydrogen-bond acceptors (Lipinski definition) is 7. The number of carboxylic acid groups (broad SMARTS) is 1. The van der Waals surface area contributed by atoms with Gasteiger partial charge in [-0.2, -0.15) is 26.3 Å². The normalized spacial score (nSPS) is 12.9. The van der Waals surface area contributed by atoms with Gasteiger partial charge in [-0.3, -0.25) is 9.10 Å². The molecule has 48 heavy (non-hydrogen) atoms. The predicted molar refractivity (Wildman–Crippen MR) is 149 cm³/mol. The highest BCUT2D eigenvalue weighted by Gasteiger charge is 2.40. The van der Waals surface area contributed by atoms with Gasteiger partial charge in [0.15, 0.2) is 5.82 Å². The number of sulfonamides is 2. The van der Waals surface area contributed by atoms with E-state index >= 15 is 0 Å². The third-order valence-electron chi connectivity index (χ3n) is 6.27. The standard InChI is InChI=1S/C27H18F9N3O7S2/c28-25(29,30)15-39(48(44,45)18-9-5-16(6-10-18)26(31,32)33)22-13-37-24(21-4-2-1-3-20(21)22)38(14-23(40)41)47(42,43)19-11-7-17(8-12-19)46-27(34,35)36/h1-13H,14-15H2,(H,40,41). The zero-order valence-electron chi connectivity index (χ0n) is 23.4. The minimum atomic E-state index is -5.29. The zero-order chi connectivity index (χ0) is 35.9. The highest BCUT2D eigenvalue weighted by atomic mass is 32.2. The number of fused-ring (bicyclic) bond motifs is 1. The summed E-state index contributed by atoms with van der Waals surface area (Å²) in [6.07, 6.45) is -14.8. The van der Waals surface area contributed by atoms with Gasteiger partial charge in [0.2, 0.25) is 0 Å². The lowest BCUT2D eigenvalue weighted by atomic mass is 10.1. The second kappa shape index (κ2) is 12.7. The molecule has 1 aromatic heterocycles. The summed E-state index contributed by atoms with van der Waals surface area (Å²) in [6, 6.07) is 8.68. The first-order valence-corrected chi connectivity index (χ1v) is 15.6. The Hall–Kier alpha value is -4.79. The molecule has 0 radical (unpaired) electrons. The summed E-state index contributed by atoms with van der Waals surface area (Å²) in [7, 11) is -10.3. The number of aromatic nitrogens is 1. The second-order valence-electron chi connectivity index (χ2n) is 9.59. The van der Waals surface area contributed by atoms with E-state index in [0.717, 1.165) is 12.1 Å². The molecule has 0 unspecified atom stereocenters. The van der Waals surface area contributed by atoms with E-state index in [1.807, 2.05) is 0 Å². The largest absolute Gasteiger partial charge is 0.573 e. The molecule has 0 saturated heterocycles. The molecule has 0 atom stereocenters. The summed E-state index contributed by atoms with van der Waals surface area (Å²) in [4.78, 5) is 13.8. The lowest BCUT2D eigenvalue weighted by molar-refractivity contribution is -0.274. The summed E-state index contributed by atoms with van der Waals surface area (Å²) in [5.41, 5.74) is -2.10. The molecule has 1 N–H and O–H groups in total. The maximum atomic E-state index is 13.8. The maximum Gasteiger partial charge on any atom is 0.573 e. The number of benzene rings is 3. The van der Waals surface area contributed by atoms with E-state index in [2.05, 4.69) is 9.72 Å². The van der Waals surface area contributed by atoms with Crippen LogP contribution in [0.1, 0.15) is 5.56 Å². The van der Waals surface area contributed by atoms with E-state index in [1.165, 1.54) is 12.1 Å². The smallest absolute Gasteiger partial charge is 0.480 e. The van der Waals surface area contributed by atoms with Gasteiger partial charge in [0.1, 0.15) is 18.8 Å². The number of hydrogen-bond donors (Lipinski definition) is 1. The van der Waals surface area contributed by atoms with Crippen LogP contribution < -0.4 is 13.3 Å². The lowest BCUT2D eigenvalue weighted by Crippen LogP contribution is -2.40. The average Bonchev–Trinajstić information content (AvgIpc) is 2.97. The summed E-state index contributed by atoms with van der Waals surface area (Å²) >= 11 is 0. The Labute approximate surface area is 264 Å². The number of halogens is 9. The average molecular weight is 732 g/mol. The Morgan fingerprint density at radius 2 is 1.23 bits per heavy atom. The molecule has 3 aromatic carbocycles. The van der Waals surface area contributed by atoms with E-state index in [4.69, 9.17) is 0 Å². The van der Waals surface area contributed by atoms with Gasteiger partial charge in [0.05, 0.1) is 27.2 Å². The third-order valence-corrected chi connectivity index (χ3v) is 9.80. The molecule has 10 nitrogen and oxygen atoms in total. The molecule has 4 rings (SSSR count). The fourth-order valence-corrected chi connectivity index (χ4v) is 7.15. The van der Waals surface area contributed by atoms with Crippen LogP contribution >= 0.6 is 0 Å². The second-order valence-corrected chi connectivity index (χ2v) is 13.3. The van der Waals surface area contributed by atoms with Gasteiger partial charge >= 0.3 is 24.7 Å². The van der Waals surface area contributed by atoms with Crippen LogP contribution in [0.4, 0.5) is 51.0 Å². The number of ether oxygens (including phenoxy) is 1. The van der Waals surface area contributed by atoms with Crippen molar-refractivity contribution in [3.8, 4) is 5.75 Å². The summed E-state index contributed by atoms with van der Waals surface area (Å²) in [6.45, 7) is -3.58. The summed E-state index contributed by atoms with van der Waals surface area (Å²) in [5.74, 6) is -3.32. The fraction of sp³-hybridized carbons (Fsp3) is 0.185. The third kappa shape index (κ3) is 8.01. The van der Waals surface area contributed by atoms with Gasteiger partial charge in [0.25, 0.3) is 20.0 Å². The van der Waals surface area contributed by atoms with Gasteiger partial charge in [-0.1, -0.05) is 24.3 Å². The van der Waals surface area contributed by atoms with E-state index in [1.54, 1.807) is 0 Å². The monoisotopic (exact) mass is 731 g/mol. The van der Waals surface area contributed by atoms with Crippen LogP contribution in [0.3, 0.4) is 0 Å². The maximum absolute atomic E-state index is 13.8. The van der Waals surface area contributed by atoms with Crippen molar-refractivity contribution in [2.45, 2.75) is 28.5 Å². The Morgan fingerprint density at radius 3 is 1.71 bits per heavy atom. The van der Waals surface area contributed by atoms with Crippen LogP contribution in [0.25, 0.3) is 10.8 Å². The van der Waals surface area contributed by atoms with Crippen molar-refractivity contribution in [3.63, 3.8) is 0 Å². The topological polar surface area (TPSA) is 134 Å². The predicted octanol–water partition coefficient (Wildman–Crippen LogP) is 6.19. The molecule has 0 aliphatic heterocycles. The number of anilines is 2. The van der Waals surface area contributed by atoms with Gasteiger partial charge in [-0.15, -0.1) is 13.2 Å². The minimum absolute atomic E-state index is 0.180.